The number of nitrogens with zero attached hydrogens (tertiary/aromatic N) is 6. The largest absolute Gasteiger partial charge is 0.465 e. The van der Waals surface area contributed by atoms with Gasteiger partial charge in [-0.25, -0.2) is 14.8 Å². The molecule has 3 heterocycles. The monoisotopic (exact) mass is 517 g/mol. The lowest BCUT2D eigenvalue weighted by Gasteiger charge is -2.21. The topological polar surface area (TPSA) is 131 Å². The van der Waals surface area contributed by atoms with E-state index in [0.29, 0.717) is 6.04 Å². The van der Waals surface area contributed by atoms with E-state index in [1.165, 1.54) is 32.1 Å². The molecule has 1 amide bonds. The third-order valence-corrected chi connectivity index (χ3v) is 6.54. The molecule has 0 unspecified atom stereocenters. The van der Waals surface area contributed by atoms with E-state index in [1.807, 2.05) is 50.2 Å². The molecule has 5 rings (SSSR count). The van der Waals surface area contributed by atoms with Gasteiger partial charge in [0, 0.05) is 54.1 Å². The fourth-order valence-corrected chi connectivity index (χ4v) is 4.40. The van der Waals surface area contributed by atoms with Crippen molar-refractivity contribution in [2.24, 2.45) is 7.05 Å². The number of aliphatic hydroxyl groups excluding tert-OH is 1. The van der Waals surface area contributed by atoms with Gasteiger partial charge in [0.05, 0.1) is 30.6 Å². The van der Waals surface area contributed by atoms with Crippen molar-refractivity contribution in [2.45, 2.75) is 57.5 Å². The Balaban J connectivity index is 0.000000323. The second kappa shape index (κ2) is 12.0. The van der Waals surface area contributed by atoms with Crippen LogP contribution in [0.1, 0.15) is 52.0 Å². The third-order valence-electron chi connectivity index (χ3n) is 6.54. The Bertz CT molecular complexity index is 1340. The number of rotatable bonds is 6. The summed E-state index contributed by atoms with van der Waals surface area (Å²) in [4.78, 5) is 19.2. The molecule has 0 bridgehead atoms. The maximum atomic E-state index is 9.95. The lowest BCUT2D eigenvalue weighted by Crippen LogP contribution is -2.45. The molecule has 3 aromatic heterocycles. The standard InChI is InChI=1S/C23H24N6.C5H11NO3/c1-28-15-20(13-26-28)17-6-5-7-18(10-17)23-24-11-19(12-25-23)21-14-27-29(16-21)22-8-3-2-4-9-22;1-5(2,3-7)6-4(8)9/h5-7,10-16,22H,2-4,8-9H2,1H3;6-7H,3H2,1-2H3,(H,8,9). The Morgan fingerprint density at radius 2 is 1.61 bits per heavy atom. The average Bonchev–Trinajstić information content (AvgIpc) is 3.59. The maximum Gasteiger partial charge on any atom is 0.405 e. The van der Waals surface area contributed by atoms with Crippen LogP contribution in [0.25, 0.3) is 33.6 Å². The van der Waals surface area contributed by atoms with E-state index >= 15 is 0 Å². The van der Waals surface area contributed by atoms with Crippen molar-refractivity contribution in [1.82, 2.24) is 34.8 Å². The number of nitrogens with one attached hydrogen (secondary N) is 1. The van der Waals surface area contributed by atoms with E-state index in [1.54, 1.807) is 18.5 Å². The highest BCUT2D eigenvalue weighted by atomic mass is 16.4. The molecule has 0 aliphatic heterocycles. The van der Waals surface area contributed by atoms with Crippen LogP contribution in [-0.4, -0.2) is 58.0 Å². The van der Waals surface area contributed by atoms with E-state index in [9.17, 15) is 4.79 Å². The summed E-state index contributed by atoms with van der Waals surface area (Å²) in [5, 5.41) is 27.7. The molecule has 10 heteroatoms. The van der Waals surface area contributed by atoms with Gasteiger partial charge in [-0.2, -0.15) is 10.2 Å². The van der Waals surface area contributed by atoms with E-state index in [-0.39, 0.29) is 6.61 Å². The summed E-state index contributed by atoms with van der Waals surface area (Å²) in [6.45, 7) is 3.00. The average molecular weight is 518 g/mol. The Kier molecular flexibility index (Phi) is 8.52. The molecule has 3 N–H and O–H groups in total. The quantitative estimate of drug-likeness (QED) is 0.330. The third kappa shape index (κ3) is 7.04. The number of aryl methyl sites for hydroxylation is 1. The van der Waals surface area contributed by atoms with E-state index < -0.39 is 11.6 Å². The highest BCUT2D eigenvalue weighted by Gasteiger charge is 2.18. The van der Waals surface area contributed by atoms with Crippen molar-refractivity contribution in [3.8, 4) is 33.6 Å². The number of carboxylic acid groups (broad SMARTS) is 1. The summed E-state index contributed by atoms with van der Waals surface area (Å²) in [6, 6.07) is 8.79. The zero-order valence-electron chi connectivity index (χ0n) is 22.1. The van der Waals surface area contributed by atoms with Gasteiger partial charge in [0.25, 0.3) is 0 Å². The summed E-state index contributed by atoms with van der Waals surface area (Å²) < 4.78 is 3.93. The Morgan fingerprint density at radius 3 is 2.21 bits per heavy atom. The zero-order chi connectivity index (χ0) is 27.1. The van der Waals surface area contributed by atoms with Gasteiger partial charge in [-0.3, -0.25) is 9.36 Å². The molecule has 38 heavy (non-hydrogen) atoms. The number of aliphatic hydroxyl groups is 1. The minimum absolute atomic E-state index is 0.195. The molecular formula is C28H35N7O3. The number of hydrogen-bond donors (Lipinski definition) is 3. The molecule has 0 saturated heterocycles. The van der Waals surface area contributed by atoms with E-state index in [4.69, 9.17) is 10.2 Å². The molecule has 10 nitrogen and oxygen atoms in total. The van der Waals surface area contributed by atoms with Crippen molar-refractivity contribution >= 4 is 6.09 Å². The van der Waals surface area contributed by atoms with Crippen LogP contribution in [0.15, 0.2) is 61.4 Å². The van der Waals surface area contributed by atoms with Gasteiger partial charge in [0.2, 0.25) is 0 Å². The van der Waals surface area contributed by atoms with Crippen molar-refractivity contribution in [2.75, 3.05) is 6.61 Å². The lowest BCUT2D eigenvalue weighted by molar-refractivity contribution is 0.154. The highest BCUT2D eigenvalue weighted by Crippen LogP contribution is 2.29. The first-order chi connectivity index (χ1) is 18.2. The van der Waals surface area contributed by atoms with Gasteiger partial charge < -0.3 is 15.5 Å². The van der Waals surface area contributed by atoms with Crippen LogP contribution in [0.5, 0.6) is 0 Å². The Morgan fingerprint density at radius 1 is 0.947 bits per heavy atom. The minimum atomic E-state index is -1.12. The van der Waals surface area contributed by atoms with Crippen LogP contribution >= 0.6 is 0 Å². The summed E-state index contributed by atoms with van der Waals surface area (Å²) in [7, 11) is 1.92. The normalized spacial score (nSPS) is 14.0. The Labute approximate surface area is 222 Å². The fourth-order valence-electron chi connectivity index (χ4n) is 4.40. The van der Waals surface area contributed by atoms with Crippen LogP contribution in [-0.2, 0) is 7.05 Å². The molecule has 1 aliphatic rings. The van der Waals surface area contributed by atoms with Crippen LogP contribution < -0.4 is 5.32 Å². The molecular weight excluding hydrogens is 482 g/mol. The molecule has 1 saturated carbocycles. The molecule has 0 radical (unpaired) electrons. The molecule has 200 valence electrons. The first kappa shape index (κ1) is 27.0. The highest BCUT2D eigenvalue weighted by molar-refractivity contribution is 5.70. The maximum absolute atomic E-state index is 9.95. The van der Waals surface area contributed by atoms with Crippen molar-refractivity contribution in [1.29, 1.82) is 0 Å². The summed E-state index contributed by atoms with van der Waals surface area (Å²) in [6.07, 6.45) is 17.0. The molecule has 1 fully saturated rings. The van der Waals surface area contributed by atoms with Gasteiger partial charge >= 0.3 is 6.09 Å². The molecule has 1 aromatic carbocycles. The van der Waals surface area contributed by atoms with E-state index in [2.05, 4.69) is 48.5 Å². The Hall–Kier alpha value is -4.05. The lowest BCUT2D eigenvalue weighted by atomic mass is 9.96. The van der Waals surface area contributed by atoms with Crippen LogP contribution in [0, 0.1) is 0 Å². The number of benzene rings is 1. The van der Waals surface area contributed by atoms with Gasteiger partial charge in [0.1, 0.15) is 0 Å². The molecule has 4 aromatic rings. The van der Waals surface area contributed by atoms with Crippen LogP contribution in [0.2, 0.25) is 0 Å². The summed E-state index contributed by atoms with van der Waals surface area (Å²) in [5.74, 6) is 0.721. The van der Waals surface area contributed by atoms with Crippen molar-refractivity contribution < 1.29 is 15.0 Å². The zero-order valence-corrected chi connectivity index (χ0v) is 22.1. The second-order valence-corrected chi connectivity index (χ2v) is 10.3. The van der Waals surface area contributed by atoms with Gasteiger partial charge in [-0.15, -0.1) is 0 Å². The smallest absolute Gasteiger partial charge is 0.405 e. The first-order valence-corrected chi connectivity index (χ1v) is 12.8. The van der Waals surface area contributed by atoms with Gasteiger partial charge in [-0.05, 0) is 38.3 Å². The number of carbonyl (C=O) groups is 1. The second-order valence-electron chi connectivity index (χ2n) is 10.3. The number of aromatic nitrogens is 6. The molecule has 0 atom stereocenters. The predicted octanol–water partition coefficient (Wildman–Crippen LogP) is 4.94. The predicted molar refractivity (Wildman–Crippen MR) is 145 cm³/mol. The number of amides is 1. The van der Waals surface area contributed by atoms with E-state index in [0.717, 1.165) is 33.6 Å². The summed E-state index contributed by atoms with van der Waals surface area (Å²) >= 11 is 0. The SMILES string of the molecule is CC(C)(CO)NC(=O)O.Cn1cc(-c2cccc(-c3ncc(-c4cnn(C5CCCCC5)c4)cn3)c2)cn1. The fraction of sp³-hybridized carbons (Fsp3) is 0.393. The van der Waals surface area contributed by atoms with Gasteiger partial charge in [0.15, 0.2) is 5.82 Å². The van der Waals surface area contributed by atoms with Crippen molar-refractivity contribution in [3.63, 3.8) is 0 Å². The van der Waals surface area contributed by atoms with Crippen LogP contribution in [0.3, 0.4) is 0 Å². The van der Waals surface area contributed by atoms with Gasteiger partial charge in [-0.1, -0.05) is 37.5 Å². The number of hydrogen-bond acceptors (Lipinski definition) is 6. The minimum Gasteiger partial charge on any atom is -0.465 e. The summed E-state index contributed by atoms with van der Waals surface area (Å²) in [5.41, 5.74) is 4.53. The van der Waals surface area contributed by atoms with Crippen LogP contribution in [0.4, 0.5) is 4.79 Å². The molecule has 0 spiro atoms. The van der Waals surface area contributed by atoms with Crippen molar-refractivity contribution in [3.05, 3.63) is 61.4 Å². The molecule has 1 aliphatic carbocycles. The first-order valence-electron chi connectivity index (χ1n) is 12.8.